The van der Waals surface area contributed by atoms with Gasteiger partial charge in [-0.05, 0) is 12.1 Å². The van der Waals surface area contributed by atoms with Gasteiger partial charge < -0.3 is 25.1 Å². The number of H-pyrrole nitrogens is 1. The van der Waals surface area contributed by atoms with Gasteiger partial charge in [0.05, 0.1) is 11.2 Å². The molecule has 3 N–H and O–H groups in total. The molecule has 29 heavy (non-hydrogen) atoms. The number of aromatic nitrogens is 1. The first-order chi connectivity index (χ1) is 13.7. The van der Waals surface area contributed by atoms with Gasteiger partial charge in [0.2, 0.25) is 0 Å². The summed E-state index contributed by atoms with van der Waals surface area (Å²) < 4.78 is 61.7. The minimum absolute atomic E-state index is 0.0658. The quantitative estimate of drug-likeness (QED) is 0.458. The Labute approximate surface area is 159 Å². The number of hydrogen-bond donors (Lipinski definition) is 3. The van der Waals surface area contributed by atoms with E-state index < -0.39 is 29.7 Å². The second-order valence-corrected chi connectivity index (χ2v) is 6.06. The number of para-hydroxylation sites is 1. The molecule has 0 unspecified atom stereocenters. The molecule has 0 radical (unpaired) electrons. The van der Waals surface area contributed by atoms with Crippen LogP contribution in [0.3, 0.4) is 0 Å². The highest BCUT2D eigenvalue weighted by Gasteiger charge is 2.44. The number of benzene rings is 2. The highest BCUT2D eigenvalue weighted by molar-refractivity contribution is 6.40. The Bertz CT molecular complexity index is 1150. The first-order valence-corrected chi connectivity index (χ1v) is 8.16. The molecule has 0 aliphatic carbocycles. The summed E-state index contributed by atoms with van der Waals surface area (Å²) in [6.07, 6.45) is -2.55. The average Bonchev–Trinajstić information content (AvgIpc) is 3.19. The van der Waals surface area contributed by atoms with Gasteiger partial charge in [0.25, 0.3) is 0 Å². The van der Waals surface area contributed by atoms with E-state index in [0.29, 0.717) is 0 Å². The molecule has 0 spiro atoms. The summed E-state index contributed by atoms with van der Waals surface area (Å²) in [7, 11) is 0. The lowest BCUT2D eigenvalue weighted by atomic mass is 10.2. The Balaban J connectivity index is 1.44. The minimum Gasteiger partial charge on any atom is -0.395 e. The number of amides is 2. The Hall–Kier alpha value is -3.76. The van der Waals surface area contributed by atoms with Gasteiger partial charge in [-0.1, -0.05) is 12.1 Å². The number of anilines is 1. The zero-order valence-corrected chi connectivity index (χ0v) is 14.3. The maximum absolute atomic E-state index is 13.4. The van der Waals surface area contributed by atoms with Gasteiger partial charge in [0, 0.05) is 29.8 Å². The predicted octanol–water partition coefficient (Wildman–Crippen LogP) is 3.02. The summed E-state index contributed by atoms with van der Waals surface area (Å²) in [5.41, 5.74) is 0.457. The topological polar surface area (TPSA) is 92.4 Å². The molecule has 2 amide bonds. The van der Waals surface area contributed by atoms with Crippen LogP contribution in [0.5, 0.6) is 11.5 Å². The third kappa shape index (κ3) is 3.53. The monoisotopic (exact) mass is 409 g/mol. The van der Waals surface area contributed by atoms with Gasteiger partial charge in [0.1, 0.15) is 0 Å². The molecular weight excluding hydrogens is 398 g/mol. The maximum atomic E-state index is 13.4. The van der Waals surface area contributed by atoms with Crippen LogP contribution in [-0.4, -0.2) is 23.1 Å². The Kier molecular flexibility index (Phi) is 4.29. The van der Waals surface area contributed by atoms with Gasteiger partial charge in [-0.2, -0.15) is 0 Å². The summed E-state index contributed by atoms with van der Waals surface area (Å²) in [6.45, 7) is -0.289. The van der Waals surface area contributed by atoms with E-state index in [0.717, 1.165) is 12.1 Å². The van der Waals surface area contributed by atoms with Gasteiger partial charge in [0.15, 0.2) is 23.1 Å². The van der Waals surface area contributed by atoms with Crippen LogP contribution in [-0.2, 0) is 16.1 Å². The van der Waals surface area contributed by atoms with Crippen molar-refractivity contribution in [3.05, 3.63) is 53.7 Å². The third-order valence-electron chi connectivity index (χ3n) is 4.13. The lowest BCUT2D eigenvalue weighted by molar-refractivity contribution is -0.286. The number of ether oxygens (including phenoxy) is 2. The lowest BCUT2D eigenvalue weighted by Crippen LogP contribution is -2.35. The predicted molar refractivity (Wildman–Crippen MR) is 91.3 cm³/mol. The second-order valence-electron chi connectivity index (χ2n) is 6.06. The number of halogens is 4. The van der Waals surface area contributed by atoms with Crippen LogP contribution < -0.4 is 20.1 Å². The smallest absolute Gasteiger partial charge is 0.395 e. The van der Waals surface area contributed by atoms with Crippen molar-refractivity contribution >= 4 is 28.4 Å². The summed E-state index contributed by atoms with van der Waals surface area (Å²) in [5, 5.41) is 4.69. The fraction of sp³-hybridized carbons (Fsp3) is 0.111. The van der Waals surface area contributed by atoms with Crippen molar-refractivity contribution < 1.29 is 36.6 Å². The maximum Gasteiger partial charge on any atom is 0.586 e. The van der Waals surface area contributed by atoms with Crippen LogP contribution >= 0.6 is 0 Å². The number of carbonyl (C=O) groups is 2. The number of aromatic amines is 1. The molecule has 1 aromatic heterocycles. The normalized spacial score (nSPS) is 14.1. The van der Waals surface area contributed by atoms with Crippen molar-refractivity contribution in [2.75, 3.05) is 5.32 Å². The molecule has 11 heteroatoms. The Morgan fingerprint density at radius 2 is 1.83 bits per heavy atom. The number of hydrogen-bond acceptors (Lipinski definition) is 4. The van der Waals surface area contributed by atoms with Crippen molar-refractivity contribution in [1.29, 1.82) is 0 Å². The fourth-order valence-electron chi connectivity index (χ4n) is 2.82. The first-order valence-electron chi connectivity index (χ1n) is 8.16. The number of carbonyl (C=O) groups excluding carboxylic acids is 2. The number of alkyl halides is 2. The molecule has 1 aliphatic rings. The highest BCUT2D eigenvalue weighted by atomic mass is 19.3. The van der Waals surface area contributed by atoms with E-state index in [1.165, 1.54) is 24.4 Å². The van der Waals surface area contributed by atoms with E-state index in [4.69, 9.17) is 0 Å². The van der Waals surface area contributed by atoms with Crippen molar-refractivity contribution in [2.24, 2.45) is 0 Å². The second kappa shape index (κ2) is 6.69. The van der Waals surface area contributed by atoms with E-state index in [1.807, 2.05) is 0 Å². The molecule has 4 rings (SSSR count). The van der Waals surface area contributed by atoms with Crippen LogP contribution in [0.1, 0.15) is 5.56 Å². The molecule has 0 saturated heterocycles. The largest absolute Gasteiger partial charge is 0.586 e. The molecule has 0 fully saturated rings. The molecular formula is C18H11F4N3O4. The lowest BCUT2D eigenvalue weighted by Gasteiger charge is -2.09. The van der Waals surface area contributed by atoms with Crippen molar-refractivity contribution in [3.63, 3.8) is 0 Å². The van der Waals surface area contributed by atoms with E-state index in [-0.39, 0.29) is 40.2 Å². The average molecular weight is 409 g/mol. The van der Waals surface area contributed by atoms with Crippen LogP contribution in [0.2, 0.25) is 0 Å². The molecule has 0 atom stereocenters. The van der Waals surface area contributed by atoms with Crippen molar-refractivity contribution in [2.45, 2.75) is 12.8 Å². The van der Waals surface area contributed by atoms with Gasteiger partial charge in [-0.25, -0.2) is 8.78 Å². The summed E-state index contributed by atoms with van der Waals surface area (Å²) in [6, 6.07) is 5.89. The molecule has 0 bridgehead atoms. The van der Waals surface area contributed by atoms with Crippen molar-refractivity contribution in [1.82, 2.24) is 10.3 Å². The Morgan fingerprint density at radius 1 is 1.07 bits per heavy atom. The number of nitrogens with one attached hydrogen (secondary N) is 3. The fourth-order valence-corrected chi connectivity index (χ4v) is 2.82. The summed E-state index contributed by atoms with van der Waals surface area (Å²) >= 11 is 0. The van der Waals surface area contributed by atoms with Gasteiger partial charge >= 0.3 is 18.1 Å². The Morgan fingerprint density at radius 3 is 2.62 bits per heavy atom. The SMILES string of the molecule is O=C(NCc1cccc2c1OC(F)(F)O2)C(=O)Nc1c[nH]c2cc(F)c(F)cc12. The van der Waals surface area contributed by atoms with Crippen molar-refractivity contribution in [3.8, 4) is 11.5 Å². The van der Waals surface area contributed by atoms with E-state index in [2.05, 4.69) is 25.1 Å². The molecule has 0 saturated carbocycles. The zero-order valence-electron chi connectivity index (χ0n) is 14.3. The molecule has 150 valence electrons. The molecule has 2 aromatic carbocycles. The summed E-state index contributed by atoms with van der Waals surface area (Å²) in [4.78, 5) is 26.8. The van der Waals surface area contributed by atoms with Crippen LogP contribution in [0, 0.1) is 11.6 Å². The van der Waals surface area contributed by atoms with Crippen LogP contribution in [0.25, 0.3) is 10.9 Å². The molecule has 1 aliphatic heterocycles. The van der Waals surface area contributed by atoms with Crippen LogP contribution in [0.4, 0.5) is 23.2 Å². The van der Waals surface area contributed by atoms with Crippen LogP contribution in [0.15, 0.2) is 36.5 Å². The highest BCUT2D eigenvalue weighted by Crippen LogP contribution is 2.43. The number of rotatable bonds is 3. The van der Waals surface area contributed by atoms with E-state index in [1.54, 1.807) is 0 Å². The van der Waals surface area contributed by atoms with Gasteiger partial charge in [-0.3, -0.25) is 9.59 Å². The van der Waals surface area contributed by atoms with E-state index in [9.17, 15) is 27.2 Å². The third-order valence-corrected chi connectivity index (χ3v) is 4.13. The summed E-state index contributed by atoms with van der Waals surface area (Å²) in [5.74, 6) is -4.79. The number of fused-ring (bicyclic) bond motifs is 2. The minimum atomic E-state index is -3.82. The molecule has 3 aromatic rings. The first kappa shape index (κ1) is 18.6. The molecule has 2 heterocycles. The zero-order chi connectivity index (χ0) is 20.8. The van der Waals surface area contributed by atoms with Gasteiger partial charge in [-0.15, -0.1) is 8.78 Å². The van der Waals surface area contributed by atoms with E-state index >= 15 is 0 Å². The standard InChI is InChI=1S/C18H11F4N3O4/c19-10-4-9-12(5-11(10)20)23-7-13(9)25-17(27)16(26)24-6-8-2-1-3-14-15(8)29-18(21,22)28-14/h1-5,7,23H,6H2,(H,24,26)(H,25,27). The molecule has 7 nitrogen and oxygen atoms in total.